The quantitative estimate of drug-likeness (QED) is 0.832. The summed E-state index contributed by atoms with van der Waals surface area (Å²) < 4.78 is 2.10. The smallest absolute Gasteiger partial charge is 0.0522 e. The van der Waals surface area contributed by atoms with Gasteiger partial charge in [0.15, 0.2) is 0 Å². The fourth-order valence-electron chi connectivity index (χ4n) is 1.87. The van der Waals surface area contributed by atoms with Gasteiger partial charge in [0, 0.05) is 19.3 Å². The summed E-state index contributed by atoms with van der Waals surface area (Å²) in [5.74, 6) is 0.687. The molecule has 0 aliphatic rings. The molecule has 18 heavy (non-hydrogen) atoms. The molecule has 2 rings (SSSR count). The summed E-state index contributed by atoms with van der Waals surface area (Å²) in [7, 11) is 0. The summed E-state index contributed by atoms with van der Waals surface area (Å²) in [5.41, 5.74) is 2.67. The van der Waals surface area contributed by atoms with Gasteiger partial charge in [-0.2, -0.15) is 16.4 Å². The Balaban J connectivity index is 1.83. The van der Waals surface area contributed by atoms with E-state index in [2.05, 4.69) is 51.8 Å². The second-order valence-corrected chi connectivity index (χ2v) is 5.73. The third-order valence-corrected chi connectivity index (χ3v) is 3.59. The van der Waals surface area contributed by atoms with Gasteiger partial charge in [0.2, 0.25) is 0 Å². The number of aromatic nitrogens is 2. The second kappa shape index (κ2) is 6.71. The van der Waals surface area contributed by atoms with Crippen molar-refractivity contribution in [3.63, 3.8) is 0 Å². The van der Waals surface area contributed by atoms with E-state index in [4.69, 9.17) is 0 Å². The van der Waals surface area contributed by atoms with Crippen molar-refractivity contribution in [2.24, 2.45) is 5.92 Å². The molecule has 3 nitrogen and oxygen atoms in total. The first-order chi connectivity index (χ1) is 8.75. The number of hydrogen-bond donors (Lipinski definition) is 1. The van der Waals surface area contributed by atoms with Gasteiger partial charge in [-0.1, -0.05) is 13.8 Å². The highest BCUT2D eigenvalue weighted by Crippen LogP contribution is 2.08. The molecule has 0 aliphatic heterocycles. The van der Waals surface area contributed by atoms with E-state index in [-0.39, 0.29) is 0 Å². The Hall–Kier alpha value is -1.13. The Morgan fingerprint density at radius 2 is 2.28 bits per heavy atom. The molecular formula is C14H21N3S. The van der Waals surface area contributed by atoms with Crippen molar-refractivity contribution in [3.8, 4) is 0 Å². The summed E-state index contributed by atoms with van der Waals surface area (Å²) >= 11 is 1.76. The molecule has 0 aliphatic carbocycles. The van der Waals surface area contributed by atoms with Crippen LogP contribution in [0.15, 0.2) is 29.1 Å². The fourth-order valence-corrected chi connectivity index (χ4v) is 2.57. The highest BCUT2D eigenvalue weighted by molar-refractivity contribution is 7.07. The molecule has 2 aromatic heterocycles. The Kier molecular flexibility index (Phi) is 4.96. The molecule has 0 aromatic carbocycles. The molecule has 4 heteroatoms. The lowest BCUT2D eigenvalue weighted by Gasteiger charge is -2.09. The van der Waals surface area contributed by atoms with E-state index < -0.39 is 0 Å². The summed E-state index contributed by atoms with van der Waals surface area (Å²) in [6.07, 6.45) is 2.95. The molecule has 0 unspecified atom stereocenters. The van der Waals surface area contributed by atoms with Crippen molar-refractivity contribution in [1.82, 2.24) is 15.1 Å². The van der Waals surface area contributed by atoms with Gasteiger partial charge in [-0.05, 0) is 47.3 Å². The first-order valence-corrected chi connectivity index (χ1v) is 7.42. The first kappa shape index (κ1) is 13.3. The molecule has 0 fully saturated rings. The highest BCUT2D eigenvalue weighted by atomic mass is 32.1. The van der Waals surface area contributed by atoms with E-state index in [1.165, 1.54) is 11.3 Å². The third kappa shape index (κ3) is 3.96. The maximum Gasteiger partial charge on any atom is 0.0522 e. The molecule has 98 valence electrons. The fraction of sp³-hybridized carbons (Fsp3) is 0.500. The van der Waals surface area contributed by atoms with Gasteiger partial charge in [0.1, 0.15) is 0 Å². The number of nitrogens with zero attached hydrogens (tertiary/aromatic N) is 2. The van der Waals surface area contributed by atoms with Gasteiger partial charge in [0.05, 0.1) is 5.69 Å². The largest absolute Gasteiger partial charge is 0.311 e. The predicted molar refractivity (Wildman–Crippen MR) is 76.8 cm³/mol. The topological polar surface area (TPSA) is 29.9 Å². The molecule has 0 saturated heterocycles. The van der Waals surface area contributed by atoms with Crippen LogP contribution in [0.2, 0.25) is 0 Å². The van der Waals surface area contributed by atoms with Gasteiger partial charge in [-0.15, -0.1) is 0 Å². The van der Waals surface area contributed by atoms with Crippen molar-refractivity contribution < 1.29 is 0 Å². The van der Waals surface area contributed by atoms with Crippen LogP contribution in [0.3, 0.4) is 0 Å². The van der Waals surface area contributed by atoms with E-state index in [1.54, 1.807) is 11.3 Å². The van der Waals surface area contributed by atoms with E-state index in [0.717, 1.165) is 26.1 Å². The van der Waals surface area contributed by atoms with Crippen LogP contribution >= 0.6 is 11.3 Å². The first-order valence-electron chi connectivity index (χ1n) is 6.48. The number of hydrogen-bond acceptors (Lipinski definition) is 3. The van der Waals surface area contributed by atoms with Crippen molar-refractivity contribution in [1.29, 1.82) is 0 Å². The van der Waals surface area contributed by atoms with Gasteiger partial charge < -0.3 is 5.32 Å². The average Bonchev–Trinajstić information content (AvgIpc) is 2.96. The monoisotopic (exact) mass is 263 g/mol. The molecule has 0 radical (unpaired) electrons. The summed E-state index contributed by atoms with van der Waals surface area (Å²) in [6.45, 7) is 7.36. The minimum atomic E-state index is 0.687. The standard InChI is InChI=1S/C14H21N3S/c1-12(2)9-15-10-14-3-6-16-17(14)7-4-13-5-8-18-11-13/h3,5-6,8,11-12,15H,4,7,9-10H2,1-2H3. The number of aryl methyl sites for hydroxylation is 2. The Labute approximate surface area is 113 Å². The lowest BCUT2D eigenvalue weighted by Crippen LogP contribution is -2.21. The number of rotatable bonds is 7. The predicted octanol–water partition coefficient (Wildman–Crippen LogP) is 2.93. The zero-order valence-corrected chi connectivity index (χ0v) is 11.9. The van der Waals surface area contributed by atoms with Crippen LogP contribution in [0.5, 0.6) is 0 Å². The van der Waals surface area contributed by atoms with Crippen molar-refractivity contribution in [3.05, 3.63) is 40.3 Å². The molecule has 0 amide bonds. The molecule has 1 N–H and O–H groups in total. The van der Waals surface area contributed by atoms with E-state index in [0.29, 0.717) is 5.92 Å². The van der Waals surface area contributed by atoms with Gasteiger partial charge in [-0.3, -0.25) is 4.68 Å². The number of thiophene rings is 1. The van der Waals surface area contributed by atoms with Crippen LogP contribution in [-0.2, 0) is 19.5 Å². The third-order valence-electron chi connectivity index (χ3n) is 2.86. The summed E-state index contributed by atoms with van der Waals surface area (Å²) in [4.78, 5) is 0. The lowest BCUT2D eigenvalue weighted by atomic mass is 10.2. The molecule has 0 bridgehead atoms. The van der Waals surface area contributed by atoms with Crippen LogP contribution in [0.4, 0.5) is 0 Å². The minimum absolute atomic E-state index is 0.687. The summed E-state index contributed by atoms with van der Waals surface area (Å²) in [5, 5.41) is 12.2. The molecular weight excluding hydrogens is 242 g/mol. The molecule has 0 atom stereocenters. The molecule has 2 aromatic rings. The van der Waals surface area contributed by atoms with Crippen molar-refractivity contribution in [2.75, 3.05) is 6.54 Å². The van der Waals surface area contributed by atoms with Crippen molar-refractivity contribution >= 4 is 11.3 Å². The highest BCUT2D eigenvalue weighted by Gasteiger charge is 2.03. The van der Waals surface area contributed by atoms with E-state index >= 15 is 0 Å². The second-order valence-electron chi connectivity index (χ2n) is 4.95. The Morgan fingerprint density at radius 1 is 1.39 bits per heavy atom. The van der Waals surface area contributed by atoms with Crippen LogP contribution in [0.25, 0.3) is 0 Å². The van der Waals surface area contributed by atoms with Gasteiger partial charge in [0.25, 0.3) is 0 Å². The molecule has 2 heterocycles. The van der Waals surface area contributed by atoms with Crippen LogP contribution in [0.1, 0.15) is 25.1 Å². The lowest BCUT2D eigenvalue weighted by molar-refractivity contribution is 0.517. The average molecular weight is 263 g/mol. The zero-order valence-electron chi connectivity index (χ0n) is 11.1. The van der Waals surface area contributed by atoms with Crippen LogP contribution in [-0.4, -0.2) is 16.3 Å². The van der Waals surface area contributed by atoms with Gasteiger partial charge >= 0.3 is 0 Å². The molecule has 0 saturated carbocycles. The molecule has 0 spiro atoms. The summed E-state index contributed by atoms with van der Waals surface area (Å²) in [6, 6.07) is 4.28. The Bertz CT molecular complexity index is 445. The van der Waals surface area contributed by atoms with Crippen molar-refractivity contribution in [2.45, 2.75) is 33.4 Å². The van der Waals surface area contributed by atoms with Crippen LogP contribution < -0.4 is 5.32 Å². The van der Waals surface area contributed by atoms with E-state index in [9.17, 15) is 0 Å². The van der Waals surface area contributed by atoms with Crippen LogP contribution in [0, 0.1) is 5.92 Å². The Morgan fingerprint density at radius 3 is 3.00 bits per heavy atom. The maximum absolute atomic E-state index is 4.39. The minimum Gasteiger partial charge on any atom is -0.311 e. The van der Waals surface area contributed by atoms with Gasteiger partial charge in [-0.25, -0.2) is 0 Å². The van der Waals surface area contributed by atoms with E-state index in [1.807, 2.05) is 6.20 Å². The zero-order chi connectivity index (χ0) is 12.8. The normalized spacial score (nSPS) is 11.3. The number of nitrogens with one attached hydrogen (secondary N) is 1. The maximum atomic E-state index is 4.39. The SMILES string of the molecule is CC(C)CNCc1ccnn1CCc1ccsc1.